The average Bonchev–Trinajstić information content (AvgIpc) is 2.62. The molecule has 0 saturated heterocycles. The number of hydrogen-bond acceptors (Lipinski definition) is 4. The Labute approximate surface area is 135 Å². The largest absolute Gasteiger partial charge is 0.385 e. The van der Waals surface area contributed by atoms with Crippen LogP contribution < -0.4 is 10.6 Å². The molecule has 0 bridgehead atoms. The van der Waals surface area contributed by atoms with Gasteiger partial charge in [-0.3, -0.25) is 0 Å². The van der Waals surface area contributed by atoms with E-state index < -0.39 is 0 Å². The third-order valence-corrected chi connectivity index (χ3v) is 3.58. The molecule has 0 spiro atoms. The summed E-state index contributed by atoms with van der Waals surface area (Å²) in [6.45, 7) is 1.77. The van der Waals surface area contributed by atoms with Crippen molar-refractivity contribution >= 4 is 22.4 Å². The van der Waals surface area contributed by atoms with Gasteiger partial charge in [-0.05, 0) is 48.9 Å². The maximum absolute atomic E-state index is 8.91. The zero-order valence-corrected chi connectivity index (χ0v) is 12.8. The van der Waals surface area contributed by atoms with Gasteiger partial charge in [0.1, 0.15) is 5.82 Å². The highest BCUT2D eigenvalue weighted by atomic mass is 15.0. The Bertz CT molecular complexity index is 822. The Morgan fingerprint density at radius 3 is 2.57 bits per heavy atom. The first-order valence-electron chi connectivity index (χ1n) is 7.69. The van der Waals surface area contributed by atoms with Crippen LogP contribution in [-0.4, -0.2) is 18.1 Å². The van der Waals surface area contributed by atoms with E-state index in [1.807, 2.05) is 42.5 Å². The standard InChI is InChI=1S/C19H18N4/c20-14-15-7-9-18-16(13-15)8-10-19(23-18)22-12-4-11-21-17-5-2-1-3-6-17/h1-3,5-10,13,21H,4,11-12H2,(H,22,23). The number of pyridine rings is 1. The smallest absolute Gasteiger partial charge is 0.126 e. The lowest BCUT2D eigenvalue weighted by atomic mass is 10.1. The van der Waals surface area contributed by atoms with Crippen LogP contribution in [0.4, 0.5) is 11.5 Å². The van der Waals surface area contributed by atoms with Gasteiger partial charge >= 0.3 is 0 Å². The van der Waals surface area contributed by atoms with Gasteiger partial charge in [-0.2, -0.15) is 5.26 Å². The Morgan fingerprint density at radius 1 is 0.913 bits per heavy atom. The molecule has 0 unspecified atom stereocenters. The summed E-state index contributed by atoms with van der Waals surface area (Å²) >= 11 is 0. The molecule has 0 atom stereocenters. The van der Waals surface area contributed by atoms with Gasteiger partial charge in [-0.1, -0.05) is 18.2 Å². The monoisotopic (exact) mass is 302 g/mol. The Kier molecular flexibility index (Phi) is 4.70. The maximum Gasteiger partial charge on any atom is 0.126 e. The molecule has 4 nitrogen and oxygen atoms in total. The SMILES string of the molecule is N#Cc1ccc2nc(NCCCNc3ccccc3)ccc2c1. The molecule has 1 aromatic heterocycles. The Hall–Kier alpha value is -3.06. The molecular weight excluding hydrogens is 284 g/mol. The summed E-state index contributed by atoms with van der Waals surface area (Å²) in [5.74, 6) is 0.863. The molecule has 1 heterocycles. The van der Waals surface area contributed by atoms with Gasteiger partial charge < -0.3 is 10.6 Å². The molecule has 0 aliphatic carbocycles. The molecule has 114 valence electrons. The topological polar surface area (TPSA) is 60.7 Å². The molecule has 3 rings (SSSR count). The number of nitrogens with one attached hydrogen (secondary N) is 2. The second-order valence-electron chi connectivity index (χ2n) is 5.29. The van der Waals surface area contributed by atoms with Crippen LogP contribution in [0.2, 0.25) is 0 Å². The van der Waals surface area contributed by atoms with E-state index in [1.165, 1.54) is 0 Å². The van der Waals surface area contributed by atoms with Crippen LogP contribution in [0.15, 0.2) is 60.7 Å². The quantitative estimate of drug-likeness (QED) is 0.675. The van der Waals surface area contributed by atoms with Gasteiger partial charge in [0.2, 0.25) is 0 Å². The second kappa shape index (κ2) is 7.28. The third-order valence-electron chi connectivity index (χ3n) is 3.58. The van der Waals surface area contributed by atoms with Gasteiger partial charge in [0.15, 0.2) is 0 Å². The Morgan fingerprint density at radius 2 is 1.74 bits per heavy atom. The minimum absolute atomic E-state index is 0.659. The normalized spacial score (nSPS) is 10.2. The summed E-state index contributed by atoms with van der Waals surface area (Å²) in [4.78, 5) is 4.57. The van der Waals surface area contributed by atoms with Gasteiger partial charge in [0, 0.05) is 24.2 Å². The summed E-state index contributed by atoms with van der Waals surface area (Å²) in [5, 5.41) is 16.6. The number of benzene rings is 2. The first-order chi connectivity index (χ1) is 11.3. The predicted octanol–water partition coefficient (Wildman–Crippen LogP) is 4.02. The lowest BCUT2D eigenvalue weighted by molar-refractivity contribution is 0.905. The predicted molar refractivity (Wildman–Crippen MR) is 94.5 cm³/mol. The molecule has 0 fully saturated rings. The van der Waals surface area contributed by atoms with Crippen LogP contribution in [0.1, 0.15) is 12.0 Å². The number of nitrogens with zero attached hydrogens (tertiary/aromatic N) is 2. The van der Waals surface area contributed by atoms with Crippen LogP contribution in [0.25, 0.3) is 10.9 Å². The molecule has 0 saturated carbocycles. The number of fused-ring (bicyclic) bond motifs is 1. The molecule has 0 amide bonds. The van der Waals surface area contributed by atoms with E-state index >= 15 is 0 Å². The van der Waals surface area contributed by atoms with E-state index in [1.54, 1.807) is 6.07 Å². The van der Waals surface area contributed by atoms with Crippen molar-refractivity contribution in [1.82, 2.24) is 4.98 Å². The van der Waals surface area contributed by atoms with E-state index in [9.17, 15) is 0 Å². The summed E-state index contributed by atoms with van der Waals surface area (Å²) in [6, 6.07) is 21.8. The van der Waals surface area contributed by atoms with Crippen molar-refractivity contribution in [3.8, 4) is 6.07 Å². The van der Waals surface area contributed by atoms with E-state index in [2.05, 4.69) is 33.8 Å². The highest BCUT2D eigenvalue weighted by Gasteiger charge is 1.99. The molecule has 3 aromatic rings. The van der Waals surface area contributed by atoms with Crippen molar-refractivity contribution in [3.63, 3.8) is 0 Å². The number of aromatic nitrogens is 1. The van der Waals surface area contributed by atoms with Crippen molar-refractivity contribution in [2.24, 2.45) is 0 Å². The van der Waals surface area contributed by atoms with Crippen molar-refractivity contribution in [1.29, 1.82) is 5.26 Å². The van der Waals surface area contributed by atoms with Crippen LogP contribution >= 0.6 is 0 Å². The van der Waals surface area contributed by atoms with Crippen LogP contribution in [-0.2, 0) is 0 Å². The molecule has 0 aliphatic heterocycles. The minimum atomic E-state index is 0.659. The molecule has 0 radical (unpaired) electrons. The zero-order valence-electron chi connectivity index (χ0n) is 12.8. The minimum Gasteiger partial charge on any atom is -0.385 e. The van der Waals surface area contributed by atoms with E-state index in [-0.39, 0.29) is 0 Å². The molecule has 2 aromatic carbocycles. The van der Waals surface area contributed by atoms with Crippen LogP contribution in [0.3, 0.4) is 0 Å². The van der Waals surface area contributed by atoms with Gasteiger partial charge in [-0.15, -0.1) is 0 Å². The van der Waals surface area contributed by atoms with Crippen molar-refractivity contribution in [2.75, 3.05) is 23.7 Å². The average molecular weight is 302 g/mol. The van der Waals surface area contributed by atoms with E-state index in [0.717, 1.165) is 41.9 Å². The van der Waals surface area contributed by atoms with Crippen molar-refractivity contribution < 1.29 is 0 Å². The molecule has 2 N–H and O–H groups in total. The number of rotatable bonds is 6. The molecular formula is C19H18N4. The highest BCUT2D eigenvalue weighted by Crippen LogP contribution is 2.16. The number of hydrogen-bond donors (Lipinski definition) is 2. The fourth-order valence-electron chi connectivity index (χ4n) is 2.39. The van der Waals surface area contributed by atoms with E-state index in [4.69, 9.17) is 5.26 Å². The maximum atomic E-state index is 8.91. The first kappa shape index (κ1) is 14.9. The summed E-state index contributed by atoms with van der Waals surface area (Å²) in [6.07, 6.45) is 1.00. The zero-order chi connectivity index (χ0) is 15.9. The van der Waals surface area contributed by atoms with Crippen LogP contribution in [0, 0.1) is 11.3 Å². The van der Waals surface area contributed by atoms with Gasteiger partial charge in [0.05, 0.1) is 17.1 Å². The third kappa shape index (κ3) is 3.98. The molecule has 0 aliphatic rings. The fourth-order valence-corrected chi connectivity index (χ4v) is 2.39. The van der Waals surface area contributed by atoms with Gasteiger partial charge in [0.25, 0.3) is 0 Å². The fraction of sp³-hybridized carbons (Fsp3) is 0.158. The summed E-state index contributed by atoms with van der Waals surface area (Å²) in [5.41, 5.74) is 2.70. The Balaban J connectivity index is 1.50. The van der Waals surface area contributed by atoms with Crippen LogP contribution in [0.5, 0.6) is 0 Å². The highest BCUT2D eigenvalue weighted by molar-refractivity contribution is 5.81. The lowest BCUT2D eigenvalue weighted by Gasteiger charge is -2.08. The number of anilines is 2. The summed E-state index contributed by atoms with van der Waals surface area (Å²) < 4.78 is 0. The lowest BCUT2D eigenvalue weighted by Crippen LogP contribution is -2.09. The summed E-state index contributed by atoms with van der Waals surface area (Å²) in [7, 11) is 0. The van der Waals surface area contributed by atoms with E-state index in [0.29, 0.717) is 5.56 Å². The van der Waals surface area contributed by atoms with Crippen molar-refractivity contribution in [3.05, 3.63) is 66.2 Å². The molecule has 4 heteroatoms. The molecule has 23 heavy (non-hydrogen) atoms. The van der Waals surface area contributed by atoms with Gasteiger partial charge in [-0.25, -0.2) is 4.98 Å². The first-order valence-corrected chi connectivity index (χ1v) is 7.69. The number of para-hydroxylation sites is 1. The number of nitriles is 1. The second-order valence-corrected chi connectivity index (χ2v) is 5.29. The van der Waals surface area contributed by atoms with Crippen molar-refractivity contribution in [2.45, 2.75) is 6.42 Å².